The van der Waals surface area contributed by atoms with Crippen molar-refractivity contribution in [1.29, 1.82) is 0 Å². The Bertz CT molecular complexity index is 913. The molecule has 102 valence electrons. The van der Waals surface area contributed by atoms with E-state index in [0.29, 0.717) is 5.56 Å². The summed E-state index contributed by atoms with van der Waals surface area (Å²) in [5, 5.41) is 7.61. The third kappa shape index (κ3) is 1.98. The second-order valence-electron chi connectivity index (χ2n) is 4.72. The summed E-state index contributed by atoms with van der Waals surface area (Å²) in [5.74, 6) is 0. The molecule has 21 heavy (non-hydrogen) atoms. The van der Waals surface area contributed by atoms with Crippen molar-refractivity contribution in [3.05, 3.63) is 63.3 Å². The first-order valence-electron chi connectivity index (χ1n) is 6.52. The van der Waals surface area contributed by atoms with Crippen molar-refractivity contribution in [2.45, 2.75) is 0 Å². The Morgan fingerprint density at radius 1 is 1.10 bits per heavy atom. The van der Waals surface area contributed by atoms with E-state index in [1.165, 1.54) is 0 Å². The van der Waals surface area contributed by atoms with Crippen LogP contribution in [0.5, 0.6) is 0 Å². The Labute approximate surface area is 124 Å². The molecule has 1 aromatic carbocycles. The number of thiophene rings is 1. The zero-order valence-corrected chi connectivity index (χ0v) is 11.8. The van der Waals surface area contributed by atoms with Crippen LogP contribution in [0, 0.1) is 0 Å². The lowest BCUT2D eigenvalue weighted by molar-refractivity contribution is 1.06. The van der Waals surface area contributed by atoms with E-state index in [-0.39, 0.29) is 5.56 Å². The van der Waals surface area contributed by atoms with Crippen LogP contribution in [0.25, 0.3) is 22.2 Å². The van der Waals surface area contributed by atoms with Gasteiger partial charge in [-0.1, -0.05) is 24.3 Å². The van der Waals surface area contributed by atoms with Gasteiger partial charge in [-0.25, -0.2) is 0 Å². The van der Waals surface area contributed by atoms with Crippen LogP contribution >= 0.6 is 11.3 Å². The second kappa shape index (κ2) is 4.71. The number of nitrogens with zero attached hydrogens (tertiary/aromatic N) is 1. The molecule has 0 saturated carbocycles. The van der Waals surface area contributed by atoms with Gasteiger partial charge in [0, 0.05) is 17.4 Å². The van der Waals surface area contributed by atoms with Crippen LogP contribution in [-0.2, 0) is 0 Å². The quantitative estimate of drug-likeness (QED) is 0.743. The van der Waals surface area contributed by atoms with Gasteiger partial charge in [-0.2, -0.15) is 0 Å². The molecule has 1 aliphatic rings. The highest BCUT2D eigenvalue weighted by Crippen LogP contribution is 2.33. The van der Waals surface area contributed by atoms with E-state index in [9.17, 15) is 4.79 Å². The van der Waals surface area contributed by atoms with Gasteiger partial charge in [0.1, 0.15) is 0 Å². The molecule has 0 aliphatic carbocycles. The highest BCUT2D eigenvalue weighted by molar-refractivity contribution is 7.13. The second-order valence-corrected chi connectivity index (χ2v) is 5.67. The lowest BCUT2D eigenvalue weighted by atomic mass is 10.0. The molecule has 0 amide bonds. The third-order valence-electron chi connectivity index (χ3n) is 3.44. The lowest BCUT2D eigenvalue weighted by Crippen LogP contribution is -2.02. The van der Waals surface area contributed by atoms with Gasteiger partial charge in [-0.3, -0.25) is 20.0 Å². The summed E-state index contributed by atoms with van der Waals surface area (Å²) in [6.45, 7) is 0. The van der Waals surface area contributed by atoms with Crippen LogP contribution in [0.15, 0.2) is 51.6 Å². The van der Waals surface area contributed by atoms with Gasteiger partial charge in [0.05, 0.1) is 21.8 Å². The molecular weight excluding hydrogens is 282 g/mol. The van der Waals surface area contributed by atoms with Crippen LogP contribution in [0.3, 0.4) is 0 Å². The predicted octanol–water partition coefficient (Wildman–Crippen LogP) is 3.69. The first-order valence-corrected chi connectivity index (χ1v) is 7.40. The molecule has 3 aromatic rings. The molecule has 0 saturated heterocycles. The van der Waals surface area contributed by atoms with Gasteiger partial charge in [0.25, 0.3) is 5.56 Å². The molecule has 0 bridgehead atoms. The van der Waals surface area contributed by atoms with Gasteiger partial charge in [0.15, 0.2) is 0 Å². The normalized spacial score (nSPS) is 14.8. The summed E-state index contributed by atoms with van der Waals surface area (Å²) >= 11 is 1.59. The maximum absolute atomic E-state index is 12.1. The standard InChI is InChI=1S/C16H11N3OS/c20-16-12(15(18-19-16)14-6-3-7-21-14)8-10-9-17-13-5-2-1-4-11(10)13/h1-9H,(H2,18,19,20)/b10-8+. The Hall–Kier alpha value is -2.66. The third-order valence-corrected chi connectivity index (χ3v) is 4.33. The largest absolute Gasteiger partial charge is 0.296 e. The molecule has 1 aliphatic heterocycles. The van der Waals surface area contributed by atoms with Gasteiger partial charge in [-0.05, 0) is 23.6 Å². The molecule has 2 aromatic heterocycles. The Balaban J connectivity index is 1.87. The van der Waals surface area contributed by atoms with Crippen molar-refractivity contribution in [1.82, 2.24) is 10.2 Å². The number of para-hydroxylation sites is 1. The molecule has 0 spiro atoms. The topological polar surface area (TPSA) is 61.0 Å². The predicted molar refractivity (Wildman–Crippen MR) is 87.2 cm³/mol. The number of benzene rings is 1. The van der Waals surface area contributed by atoms with E-state index in [2.05, 4.69) is 15.2 Å². The average molecular weight is 293 g/mol. The maximum Gasteiger partial charge on any atom is 0.271 e. The van der Waals surface area contributed by atoms with E-state index in [1.54, 1.807) is 17.6 Å². The van der Waals surface area contributed by atoms with E-state index in [4.69, 9.17) is 0 Å². The van der Waals surface area contributed by atoms with Crippen LogP contribution in [0.2, 0.25) is 0 Å². The van der Waals surface area contributed by atoms with E-state index < -0.39 is 0 Å². The maximum atomic E-state index is 12.1. The highest BCUT2D eigenvalue weighted by Gasteiger charge is 2.15. The smallest absolute Gasteiger partial charge is 0.271 e. The highest BCUT2D eigenvalue weighted by atomic mass is 32.1. The fraction of sp³-hybridized carbons (Fsp3) is 0. The number of aromatic nitrogens is 2. The Kier molecular flexibility index (Phi) is 2.72. The number of nitrogens with one attached hydrogen (secondary N) is 2. The number of hydrogen-bond donors (Lipinski definition) is 2. The first-order chi connectivity index (χ1) is 10.3. The average Bonchev–Trinajstić information content (AvgIpc) is 3.21. The molecule has 3 heterocycles. The van der Waals surface area contributed by atoms with E-state index in [1.807, 2.05) is 47.9 Å². The van der Waals surface area contributed by atoms with Crippen molar-refractivity contribution in [3.8, 4) is 10.6 Å². The minimum atomic E-state index is -0.122. The summed E-state index contributed by atoms with van der Waals surface area (Å²) in [5.41, 5.74) is 4.27. The van der Waals surface area contributed by atoms with Crippen molar-refractivity contribution in [2.75, 3.05) is 0 Å². The zero-order chi connectivity index (χ0) is 14.2. The summed E-state index contributed by atoms with van der Waals surface area (Å²) in [6.07, 6.45) is 3.69. The molecule has 4 rings (SSSR count). The number of fused-ring (bicyclic) bond motifs is 1. The van der Waals surface area contributed by atoms with Crippen LogP contribution in [0.4, 0.5) is 5.69 Å². The van der Waals surface area contributed by atoms with Crippen molar-refractivity contribution in [2.24, 2.45) is 4.99 Å². The lowest BCUT2D eigenvalue weighted by Gasteiger charge is -1.99. The molecular formula is C16H11N3OS. The summed E-state index contributed by atoms with van der Waals surface area (Å²) in [6, 6.07) is 11.9. The van der Waals surface area contributed by atoms with Gasteiger partial charge < -0.3 is 0 Å². The molecule has 0 radical (unpaired) electrons. The minimum absolute atomic E-state index is 0.122. The SMILES string of the molecule is O=c1[nH][nH]c(-c2cccs2)c1/C=C1\C=Nc2ccccc21. The molecule has 4 nitrogen and oxygen atoms in total. The van der Waals surface area contributed by atoms with Gasteiger partial charge in [-0.15, -0.1) is 11.3 Å². The van der Waals surface area contributed by atoms with Crippen LogP contribution in [-0.4, -0.2) is 16.4 Å². The molecule has 0 unspecified atom stereocenters. The van der Waals surface area contributed by atoms with Gasteiger partial charge in [0.2, 0.25) is 0 Å². The summed E-state index contributed by atoms with van der Waals surface area (Å²) < 4.78 is 0. The van der Waals surface area contributed by atoms with E-state index >= 15 is 0 Å². The van der Waals surface area contributed by atoms with Crippen molar-refractivity contribution >= 4 is 34.9 Å². The number of hydrogen-bond acceptors (Lipinski definition) is 3. The monoisotopic (exact) mass is 293 g/mol. The minimum Gasteiger partial charge on any atom is -0.296 e. The van der Waals surface area contributed by atoms with Crippen molar-refractivity contribution < 1.29 is 0 Å². The fourth-order valence-corrected chi connectivity index (χ4v) is 3.17. The molecule has 0 atom stereocenters. The van der Waals surface area contributed by atoms with E-state index in [0.717, 1.165) is 27.4 Å². The number of H-pyrrole nitrogens is 2. The number of aliphatic imine (C=N–C) groups is 1. The number of aromatic amines is 2. The van der Waals surface area contributed by atoms with Crippen LogP contribution in [0.1, 0.15) is 11.1 Å². The Morgan fingerprint density at radius 2 is 2.00 bits per heavy atom. The summed E-state index contributed by atoms with van der Waals surface area (Å²) in [7, 11) is 0. The van der Waals surface area contributed by atoms with Crippen LogP contribution < -0.4 is 5.56 Å². The molecule has 2 N–H and O–H groups in total. The zero-order valence-electron chi connectivity index (χ0n) is 11.0. The fourth-order valence-electron chi connectivity index (χ4n) is 2.43. The van der Waals surface area contributed by atoms with Gasteiger partial charge >= 0.3 is 0 Å². The first kappa shape index (κ1) is 12.1. The molecule has 5 heteroatoms. The number of rotatable bonds is 2. The Morgan fingerprint density at radius 3 is 2.86 bits per heavy atom. The number of allylic oxidation sites excluding steroid dienone is 1. The molecule has 0 fully saturated rings. The van der Waals surface area contributed by atoms with Crippen molar-refractivity contribution in [3.63, 3.8) is 0 Å². The summed E-state index contributed by atoms with van der Waals surface area (Å²) in [4.78, 5) is 17.5.